The van der Waals surface area contributed by atoms with Crippen LogP contribution in [-0.4, -0.2) is 6.10 Å². The fourth-order valence-corrected chi connectivity index (χ4v) is 0.902. The number of nitriles is 1. The van der Waals surface area contributed by atoms with Gasteiger partial charge in [-0.1, -0.05) is 18.7 Å². The molecule has 0 aliphatic carbocycles. The Hall–Kier alpha value is -1.75. The van der Waals surface area contributed by atoms with Crippen LogP contribution in [0.1, 0.15) is 12.5 Å². The molecule has 0 aromatic heterocycles. The van der Waals surface area contributed by atoms with Crippen molar-refractivity contribution in [3.8, 4) is 11.8 Å². The number of hydrogen-bond donors (Lipinski definition) is 0. The molecule has 1 rings (SSSR count). The van der Waals surface area contributed by atoms with E-state index in [2.05, 4.69) is 12.6 Å². The highest BCUT2D eigenvalue weighted by Crippen LogP contribution is 2.14. The number of benzene rings is 1. The molecular formula is C11H11NO. The van der Waals surface area contributed by atoms with Crippen LogP contribution in [0.25, 0.3) is 0 Å². The molecule has 0 N–H and O–H groups in total. The first-order valence-corrected chi connectivity index (χ1v) is 4.05. The molecule has 0 spiro atoms. The Balaban J connectivity index is 2.78. The summed E-state index contributed by atoms with van der Waals surface area (Å²) in [4.78, 5) is 0. The minimum atomic E-state index is -0.0334. The average molecular weight is 173 g/mol. The van der Waals surface area contributed by atoms with Gasteiger partial charge in [0.05, 0.1) is 11.6 Å². The van der Waals surface area contributed by atoms with Crippen molar-refractivity contribution in [3.05, 3.63) is 42.5 Å². The molecule has 0 heterocycles. The van der Waals surface area contributed by atoms with Crippen LogP contribution in [0.5, 0.6) is 5.75 Å². The van der Waals surface area contributed by atoms with Gasteiger partial charge in [-0.25, -0.2) is 0 Å². The van der Waals surface area contributed by atoms with Crippen LogP contribution in [0.2, 0.25) is 0 Å². The van der Waals surface area contributed by atoms with Crippen molar-refractivity contribution in [3.63, 3.8) is 0 Å². The van der Waals surface area contributed by atoms with Crippen LogP contribution < -0.4 is 4.74 Å². The molecule has 0 bridgehead atoms. The third kappa shape index (κ3) is 2.64. The van der Waals surface area contributed by atoms with Gasteiger partial charge in [-0.3, -0.25) is 0 Å². The van der Waals surface area contributed by atoms with E-state index in [1.54, 1.807) is 24.3 Å². The molecule has 0 amide bonds. The highest BCUT2D eigenvalue weighted by atomic mass is 16.5. The Morgan fingerprint density at radius 3 is 3.00 bits per heavy atom. The summed E-state index contributed by atoms with van der Waals surface area (Å²) in [5.74, 6) is 0.700. The predicted molar refractivity (Wildman–Crippen MR) is 51.4 cm³/mol. The van der Waals surface area contributed by atoms with Crippen LogP contribution in [0.3, 0.4) is 0 Å². The summed E-state index contributed by atoms with van der Waals surface area (Å²) in [7, 11) is 0. The van der Waals surface area contributed by atoms with E-state index in [0.717, 1.165) is 0 Å². The summed E-state index contributed by atoms with van der Waals surface area (Å²) >= 11 is 0. The lowest BCUT2D eigenvalue weighted by Gasteiger charge is -2.09. The Morgan fingerprint density at radius 1 is 1.62 bits per heavy atom. The minimum absolute atomic E-state index is 0.0334. The maximum atomic E-state index is 8.63. The average Bonchev–Trinajstić information content (AvgIpc) is 2.18. The Bertz CT molecular complexity index is 338. The zero-order valence-corrected chi connectivity index (χ0v) is 7.53. The highest BCUT2D eigenvalue weighted by molar-refractivity contribution is 5.36. The number of rotatable bonds is 3. The molecule has 2 heteroatoms. The van der Waals surface area contributed by atoms with Gasteiger partial charge in [-0.05, 0) is 25.1 Å². The second-order valence-electron chi connectivity index (χ2n) is 2.70. The molecule has 0 saturated carbocycles. The second-order valence-corrected chi connectivity index (χ2v) is 2.70. The molecule has 13 heavy (non-hydrogen) atoms. The minimum Gasteiger partial charge on any atom is -0.487 e. The van der Waals surface area contributed by atoms with E-state index < -0.39 is 0 Å². The molecule has 1 aromatic rings. The van der Waals surface area contributed by atoms with Gasteiger partial charge in [-0.2, -0.15) is 5.26 Å². The van der Waals surface area contributed by atoms with Gasteiger partial charge in [0.15, 0.2) is 0 Å². The Kier molecular flexibility index (Phi) is 3.10. The fraction of sp³-hybridized carbons (Fsp3) is 0.182. The first kappa shape index (κ1) is 9.34. The van der Waals surface area contributed by atoms with E-state index in [4.69, 9.17) is 10.00 Å². The van der Waals surface area contributed by atoms with E-state index in [9.17, 15) is 0 Å². The summed E-state index contributed by atoms with van der Waals surface area (Å²) in [6, 6.07) is 9.12. The lowest BCUT2D eigenvalue weighted by molar-refractivity contribution is 0.270. The molecule has 0 aliphatic rings. The van der Waals surface area contributed by atoms with Crippen LogP contribution in [0.4, 0.5) is 0 Å². The van der Waals surface area contributed by atoms with Crippen molar-refractivity contribution < 1.29 is 4.74 Å². The molecule has 0 aliphatic heterocycles. The molecule has 1 atom stereocenters. The maximum absolute atomic E-state index is 8.63. The van der Waals surface area contributed by atoms with E-state index >= 15 is 0 Å². The Labute approximate surface area is 78.1 Å². The third-order valence-electron chi connectivity index (χ3n) is 1.62. The van der Waals surface area contributed by atoms with Gasteiger partial charge in [0.2, 0.25) is 0 Å². The van der Waals surface area contributed by atoms with Gasteiger partial charge in [0.1, 0.15) is 11.9 Å². The van der Waals surface area contributed by atoms with Gasteiger partial charge in [-0.15, -0.1) is 0 Å². The van der Waals surface area contributed by atoms with Gasteiger partial charge >= 0.3 is 0 Å². The highest BCUT2D eigenvalue weighted by Gasteiger charge is 1.99. The summed E-state index contributed by atoms with van der Waals surface area (Å²) in [5, 5.41) is 8.63. The normalized spacial score (nSPS) is 11.4. The largest absolute Gasteiger partial charge is 0.487 e. The van der Waals surface area contributed by atoms with Gasteiger partial charge < -0.3 is 4.74 Å². The lowest BCUT2D eigenvalue weighted by Crippen LogP contribution is -2.07. The quantitative estimate of drug-likeness (QED) is 0.658. The maximum Gasteiger partial charge on any atom is 0.121 e. The lowest BCUT2D eigenvalue weighted by atomic mass is 10.2. The molecule has 0 saturated heterocycles. The summed E-state index contributed by atoms with van der Waals surface area (Å²) < 4.78 is 5.44. The van der Waals surface area contributed by atoms with Crippen LogP contribution >= 0.6 is 0 Å². The van der Waals surface area contributed by atoms with Crippen molar-refractivity contribution in [1.29, 1.82) is 5.26 Å². The van der Waals surface area contributed by atoms with E-state index in [1.807, 2.05) is 13.0 Å². The molecule has 0 fully saturated rings. The van der Waals surface area contributed by atoms with E-state index in [1.165, 1.54) is 0 Å². The van der Waals surface area contributed by atoms with Crippen molar-refractivity contribution in [2.24, 2.45) is 0 Å². The zero-order valence-electron chi connectivity index (χ0n) is 7.53. The van der Waals surface area contributed by atoms with Gasteiger partial charge in [0, 0.05) is 0 Å². The van der Waals surface area contributed by atoms with Crippen molar-refractivity contribution in [2.45, 2.75) is 13.0 Å². The van der Waals surface area contributed by atoms with E-state index in [-0.39, 0.29) is 6.10 Å². The third-order valence-corrected chi connectivity index (χ3v) is 1.62. The Morgan fingerprint density at radius 2 is 2.38 bits per heavy atom. The second kappa shape index (κ2) is 4.32. The zero-order chi connectivity index (χ0) is 9.68. The number of hydrogen-bond acceptors (Lipinski definition) is 2. The topological polar surface area (TPSA) is 33.0 Å². The number of ether oxygens (including phenoxy) is 1. The standard InChI is InChI=1S/C11H11NO/c1-3-9(2)13-11-6-4-5-10(7-11)8-12/h3-7,9H,1H2,2H3. The van der Waals surface area contributed by atoms with Gasteiger partial charge in [0.25, 0.3) is 0 Å². The monoisotopic (exact) mass is 173 g/mol. The van der Waals surface area contributed by atoms with Crippen molar-refractivity contribution in [1.82, 2.24) is 0 Å². The predicted octanol–water partition coefficient (Wildman–Crippen LogP) is 2.51. The summed E-state index contributed by atoms with van der Waals surface area (Å²) in [6.07, 6.45) is 1.67. The molecule has 1 aromatic carbocycles. The molecule has 0 radical (unpaired) electrons. The first-order valence-electron chi connectivity index (χ1n) is 4.05. The smallest absolute Gasteiger partial charge is 0.121 e. The van der Waals surface area contributed by atoms with Crippen molar-refractivity contribution >= 4 is 0 Å². The van der Waals surface area contributed by atoms with E-state index in [0.29, 0.717) is 11.3 Å². The first-order chi connectivity index (χ1) is 6.26. The molecule has 1 unspecified atom stereocenters. The molecule has 2 nitrogen and oxygen atoms in total. The van der Waals surface area contributed by atoms with Crippen LogP contribution in [0.15, 0.2) is 36.9 Å². The van der Waals surface area contributed by atoms with Crippen LogP contribution in [-0.2, 0) is 0 Å². The number of nitrogens with zero attached hydrogens (tertiary/aromatic N) is 1. The fourth-order valence-electron chi connectivity index (χ4n) is 0.902. The van der Waals surface area contributed by atoms with Crippen molar-refractivity contribution in [2.75, 3.05) is 0 Å². The molecular weight excluding hydrogens is 162 g/mol. The molecule has 66 valence electrons. The summed E-state index contributed by atoms with van der Waals surface area (Å²) in [6.45, 7) is 5.50. The summed E-state index contributed by atoms with van der Waals surface area (Å²) in [5.41, 5.74) is 0.605. The van der Waals surface area contributed by atoms with Crippen LogP contribution in [0, 0.1) is 11.3 Å². The SMILES string of the molecule is C=CC(C)Oc1cccc(C#N)c1.